The van der Waals surface area contributed by atoms with Gasteiger partial charge in [0.1, 0.15) is 30.8 Å². The van der Waals surface area contributed by atoms with E-state index in [4.69, 9.17) is 18.9 Å². The Morgan fingerprint density at radius 2 is 0.815 bits per heavy atom. The fraction of sp³-hybridized carbons (Fsp3) is 0.561. The summed E-state index contributed by atoms with van der Waals surface area (Å²) in [5.41, 5.74) is 0. The monoisotopic (exact) mass is 1420 g/mol. The molecular formula is C41H54I6O7. The van der Waals surface area contributed by atoms with E-state index in [1.54, 1.807) is 0 Å². The lowest BCUT2D eigenvalue weighted by atomic mass is 10.1. The number of carbonyl (C=O) groups is 2. The van der Waals surface area contributed by atoms with E-state index in [9.17, 15) is 14.7 Å². The van der Waals surface area contributed by atoms with Crippen LogP contribution in [0.2, 0.25) is 0 Å². The Labute approximate surface area is 405 Å². The van der Waals surface area contributed by atoms with Crippen LogP contribution in [0, 0.1) is 21.4 Å². The molecule has 0 unspecified atom stereocenters. The summed E-state index contributed by atoms with van der Waals surface area (Å²) in [6, 6.07) is 8.58. The summed E-state index contributed by atoms with van der Waals surface area (Å²) >= 11 is 14.0. The first-order valence-electron chi connectivity index (χ1n) is 18.9. The summed E-state index contributed by atoms with van der Waals surface area (Å²) in [6.45, 7) is 1.15. The SMILES string of the molecule is O=C(C/C=C\CCCCCCCCCOc1c(I)cc(I)cc1I)OCC(O)COC(=O)C/C=C\CCCCCCCCCOc1c(I)cc(I)cc1I. The van der Waals surface area contributed by atoms with Gasteiger partial charge in [0.25, 0.3) is 0 Å². The summed E-state index contributed by atoms with van der Waals surface area (Å²) in [4.78, 5) is 24.0. The molecule has 54 heavy (non-hydrogen) atoms. The zero-order valence-electron chi connectivity index (χ0n) is 30.9. The number of esters is 2. The van der Waals surface area contributed by atoms with Crippen molar-refractivity contribution in [3.05, 3.63) is 70.0 Å². The molecule has 0 aliphatic carbocycles. The number of aliphatic hydroxyl groups excluding tert-OH is 1. The van der Waals surface area contributed by atoms with Crippen LogP contribution in [0.4, 0.5) is 0 Å². The molecule has 0 heterocycles. The Morgan fingerprint density at radius 3 is 1.17 bits per heavy atom. The van der Waals surface area contributed by atoms with E-state index in [1.165, 1.54) is 85.6 Å². The number of rotatable bonds is 30. The highest BCUT2D eigenvalue weighted by Gasteiger charge is 2.12. The predicted molar refractivity (Wildman–Crippen MR) is 269 cm³/mol. The molecule has 302 valence electrons. The van der Waals surface area contributed by atoms with Crippen molar-refractivity contribution in [2.45, 2.75) is 122 Å². The van der Waals surface area contributed by atoms with Gasteiger partial charge in [0.15, 0.2) is 0 Å². The van der Waals surface area contributed by atoms with Crippen molar-refractivity contribution in [2.24, 2.45) is 0 Å². The molecule has 0 bridgehead atoms. The van der Waals surface area contributed by atoms with Crippen LogP contribution in [-0.2, 0) is 19.1 Å². The second kappa shape index (κ2) is 32.6. The van der Waals surface area contributed by atoms with Crippen LogP contribution in [0.3, 0.4) is 0 Å². The Bertz CT molecular complexity index is 1280. The van der Waals surface area contributed by atoms with E-state index in [2.05, 4.69) is 160 Å². The van der Waals surface area contributed by atoms with Gasteiger partial charge in [-0.15, -0.1) is 0 Å². The van der Waals surface area contributed by atoms with Gasteiger partial charge in [-0.05, 0) is 198 Å². The summed E-state index contributed by atoms with van der Waals surface area (Å²) in [5.74, 6) is 1.22. The summed E-state index contributed by atoms with van der Waals surface area (Å²) in [6.07, 6.45) is 25.3. The highest BCUT2D eigenvalue weighted by molar-refractivity contribution is 14.1. The van der Waals surface area contributed by atoms with Crippen molar-refractivity contribution >= 4 is 147 Å². The molecule has 0 radical (unpaired) electrons. The number of hydrogen-bond acceptors (Lipinski definition) is 7. The lowest BCUT2D eigenvalue weighted by molar-refractivity contribution is -0.151. The quantitative estimate of drug-likeness (QED) is 0.0361. The van der Waals surface area contributed by atoms with Crippen molar-refractivity contribution in [2.75, 3.05) is 26.4 Å². The smallest absolute Gasteiger partial charge is 0.309 e. The van der Waals surface area contributed by atoms with E-state index >= 15 is 0 Å². The predicted octanol–water partition coefficient (Wildman–Crippen LogP) is 13.4. The molecule has 0 aliphatic heterocycles. The number of allylic oxidation sites excluding steroid dienone is 2. The minimum absolute atomic E-state index is 0.170. The van der Waals surface area contributed by atoms with Crippen LogP contribution < -0.4 is 9.47 Å². The third-order valence-corrected chi connectivity index (χ3v) is 12.7. The minimum atomic E-state index is -1.03. The topological polar surface area (TPSA) is 91.3 Å². The third-order valence-electron chi connectivity index (χ3n) is 8.22. The molecular weight excluding hydrogens is 1370 g/mol. The maximum atomic E-state index is 12.0. The molecule has 2 aromatic rings. The molecule has 2 aromatic carbocycles. The molecule has 0 amide bonds. The van der Waals surface area contributed by atoms with E-state index in [0.717, 1.165) is 63.2 Å². The van der Waals surface area contributed by atoms with Crippen molar-refractivity contribution < 1.29 is 33.6 Å². The Balaban J connectivity index is 1.33. The van der Waals surface area contributed by atoms with Gasteiger partial charge in [-0.25, -0.2) is 0 Å². The number of halogens is 6. The molecule has 0 fully saturated rings. The lowest BCUT2D eigenvalue weighted by Gasteiger charge is -2.11. The number of aliphatic hydroxyl groups is 1. The van der Waals surface area contributed by atoms with Crippen LogP contribution >= 0.6 is 136 Å². The van der Waals surface area contributed by atoms with Crippen molar-refractivity contribution in [1.29, 1.82) is 0 Å². The normalized spacial score (nSPS) is 11.6. The van der Waals surface area contributed by atoms with E-state index < -0.39 is 18.0 Å². The van der Waals surface area contributed by atoms with Crippen LogP contribution in [0.25, 0.3) is 0 Å². The van der Waals surface area contributed by atoms with Gasteiger partial charge >= 0.3 is 11.9 Å². The first-order chi connectivity index (χ1) is 26.1. The van der Waals surface area contributed by atoms with Crippen LogP contribution in [0.1, 0.15) is 116 Å². The fourth-order valence-electron chi connectivity index (χ4n) is 5.32. The molecule has 1 N–H and O–H groups in total. The Kier molecular flexibility index (Phi) is 30.8. The second-order valence-electron chi connectivity index (χ2n) is 13.0. The standard InChI is InChI=1S/C41H54I6O7/c42-31-25-34(44)40(35(45)26-31)51-23-19-15-11-7-3-1-5-9-13-17-21-38(49)53-29-33(48)30-54-39(50)22-18-14-10-6-2-4-8-12-16-20-24-52-41-36(46)27-32(43)28-37(41)47/h13-14,17-18,25-28,33,48H,1-12,15-16,19-24,29-30H2/b17-13-,18-14-. The fourth-order valence-corrected chi connectivity index (χ4v) is 13.1. The largest absolute Gasteiger partial charge is 0.491 e. The molecule has 0 spiro atoms. The first-order valence-corrected chi connectivity index (χ1v) is 25.4. The van der Waals surface area contributed by atoms with Gasteiger partial charge in [-0.1, -0.05) is 88.5 Å². The van der Waals surface area contributed by atoms with Gasteiger partial charge < -0.3 is 24.1 Å². The summed E-state index contributed by atoms with van der Waals surface area (Å²) < 4.78 is 29.4. The number of ether oxygens (including phenoxy) is 4. The van der Waals surface area contributed by atoms with Gasteiger partial charge in [-0.3, -0.25) is 9.59 Å². The average Bonchev–Trinajstić information content (AvgIpc) is 3.12. The zero-order chi connectivity index (χ0) is 39.4. The van der Waals surface area contributed by atoms with Crippen molar-refractivity contribution in [3.8, 4) is 11.5 Å². The molecule has 0 saturated heterocycles. The van der Waals surface area contributed by atoms with Crippen LogP contribution in [0.15, 0.2) is 48.6 Å². The molecule has 7 nitrogen and oxygen atoms in total. The highest BCUT2D eigenvalue weighted by Crippen LogP contribution is 2.31. The molecule has 2 rings (SSSR count). The van der Waals surface area contributed by atoms with Crippen molar-refractivity contribution in [1.82, 2.24) is 0 Å². The Hall–Kier alpha value is 0.800. The average molecular weight is 1420 g/mol. The zero-order valence-corrected chi connectivity index (χ0v) is 43.9. The van der Waals surface area contributed by atoms with Gasteiger partial charge in [0.2, 0.25) is 0 Å². The minimum Gasteiger partial charge on any atom is -0.491 e. The van der Waals surface area contributed by atoms with E-state index in [1.807, 2.05) is 24.3 Å². The van der Waals surface area contributed by atoms with Crippen LogP contribution in [0.5, 0.6) is 11.5 Å². The molecule has 0 saturated carbocycles. The van der Waals surface area contributed by atoms with E-state index in [-0.39, 0.29) is 26.1 Å². The number of carbonyl (C=O) groups excluding carboxylic acids is 2. The van der Waals surface area contributed by atoms with E-state index in [0.29, 0.717) is 0 Å². The van der Waals surface area contributed by atoms with Gasteiger partial charge in [-0.2, -0.15) is 0 Å². The number of benzene rings is 2. The molecule has 0 atom stereocenters. The van der Waals surface area contributed by atoms with Gasteiger partial charge in [0.05, 0.1) is 40.3 Å². The number of hydrogen-bond donors (Lipinski definition) is 1. The number of unbranched alkanes of at least 4 members (excludes halogenated alkanes) is 14. The molecule has 13 heteroatoms. The maximum Gasteiger partial charge on any atom is 0.309 e. The second-order valence-corrected chi connectivity index (χ2v) is 20.1. The van der Waals surface area contributed by atoms with Gasteiger partial charge in [0, 0.05) is 7.14 Å². The lowest BCUT2D eigenvalue weighted by Crippen LogP contribution is -2.25. The first kappa shape index (κ1) is 50.9. The summed E-state index contributed by atoms with van der Waals surface area (Å²) in [7, 11) is 0. The van der Waals surface area contributed by atoms with Crippen LogP contribution in [-0.4, -0.2) is 49.6 Å². The maximum absolute atomic E-state index is 12.0. The Morgan fingerprint density at radius 1 is 0.500 bits per heavy atom. The summed E-state index contributed by atoms with van der Waals surface area (Å²) in [5, 5.41) is 10.0. The highest BCUT2D eigenvalue weighted by atomic mass is 127. The van der Waals surface area contributed by atoms with Crippen molar-refractivity contribution in [3.63, 3.8) is 0 Å². The third kappa shape index (κ3) is 25.3. The molecule has 0 aromatic heterocycles. The molecule has 0 aliphatic rings.